The van der Waals surface area contributed by atoms with Crippen molar-refractivity contribution in [3.05, 3.63) is 0 Å². The van der Waals surface area contributed by atoms with E-state index in [0.29, 0.717) is 6.61 Å². The fourth-order valence-corrected chi connectivity index (χ4v) is 0.545. The lowest BCUT2D eigenvalue weighted by Gasteiger charge is -1.95. The summed E-state index contributed by atoms with van der Waals surface area (Å²) in [5, 5.41) is 8.21. The van der Waals surface area contributed by atoms with Crippen molar-refractivity contribution in [2.24, 2.45) is 0 Å². The molecule has 0 bridgehead atoms. The number of rotatable bonds is 2. The number of hydrogen-bond donors (Lipinski definition) is 1. The average molecular weight is 116 g/mol. The molecule has 1 fully saturated rings. The number of ether oxygens (including phenoxy) is 1. The topological polar surface area (TPSA) is 49.8 Å². The molecule has 0 aromatic rings. The van der Waals surface area contributed by atoms with Crippen molar-refractivity contribution in [1.29, 1.82) is 0 Å². The maximum absolute atomic E-state index is 9.97. The fraction of sp³-hybridized carbons (Fsp3) is 0.800. The number of epoxide rings is 1. The average Bonchev–Trinajstić information content (AvgIpc) is 2.17. The normalized spacial score (nSPS) is 34.6. The molecule has 1 saturated heterocycles. The van der Waals surface area contributed by atoms with E-state index in [1.54, 1.807) is 6.92 Å². The van der Waals surface area contributed by atoms with Gasteiger partial charge in [0.2, 0.25) is 0 Å². The molecular weight excluding hydrogens is 108 g/mol. The Balaban J connectivity index is 2.29. The maximum atomic E-state index is 9.97. The van der Waals surface area contributed by atoms with Crippen LogP contribution in [0.25, 0.3) is 0 Å². The van der Waals surface area contributed by atoms with Crippen LogP contribution in [-0.4, -0.2) is 23.3 Å². The van der Waals surface area contributed by atoms with Crippen molar-refractivity contribution in [2.75, 3.05) is 6.61 Å². The zero-order valence-corrected chi connectivity index (χ0v) is 4.68. The Kier molecular flexibility index (Phi) is 1.01. The third-order valence-electron chi connectivity index (χ3n) is 1.16. The van der Waals surface area contributed by atoms with E-state index in [0.717, 1.165) is 0 Å². The van der Waals surface area contributed by atoms with Crippen LogP contribution in [-0.2, 0) is 9.53 Å². The largest absolute Gasteiger partial charge is 0.481 e. The Morgan fingerprint density at radius 3 is 2.62 bits per heavy atom. The van der Waals surface area contributed by atoms with Crippen molar-refractivity contribution in [3.63, 3.8) is 0 Å². The fourth-order valence-electron chi connectivity index (χ4n) is 0.545. The molecular formula is C5H8O3. The second-order valence-electron chi connectivity index (χ2n) is 2.31. The van der Waals surface area contributed by atoms with Gasteiger partial charge in [-0.1, -0.05) is 0 Å². The van der Waals surface area contributed by atoms with Crippen LogP contribution < -0.4 is 0 Å². The summed E-state index contributed by atoms with van der Waals surface area (Å²) >= 11 is 0. The Morgan fingerprint density at radius 1 is 2.00 bits per heavy atom. The van der Waals surface area contributed by atoms with Crippen molar-refractivity contribution in [1.82, 2.24) is 0 Å². The van der Waals surface area contributed by atoms with Gasteiger partial charge in [-0.25, -0.2) is 0 Å². The molecule has 1 heterocycles. The van der Waals surface area contributed by atoms with E-state index < -0.39 is 5.97 Å². The quantitative estimate of drug-likeness (QED) is 0.526. The number of hydrogen-bond acceptors (Lipinski definition) is 2. The van der Waals surface area contributed by atoms with E-state index in [4.69, 9.17) is 9.84 Å². The minimum Gasteiger partial charge on any atom is -0.481 e. The summed E-state index contributed by atoms with van der Waals surface area (Å²) in [6.07, 6.45) is 0.132. The molecule has 1 aliphatic rings. The molecule has 0 aliphatic carbocycles. The second-order valence-corrected chi connectivity index (χ2v) is 2.31. The summed E-state index contributed by atoms with van der Waals surface area (Å²) in [5.74, 6) is -0.787. The van der Waals surface area contributed by atoms with Crippen LogP contribution in [0.3, 0.4) is 0 Å². The SMILES string of the molecule is CC1(CC(=O)O)CO1. The first-order valence-corrected chi connectivity index (χ1v) is 2.48. The molecule has 0 spiro atoms. The van der Waals surface area contributed by atoms with Gasteiger partial charge < -0.3 is 9.84 Å². The van der Waals surface area contributed by atoms with Crippen LogP contribution in [0.4, 0.5) is 0 Å². The molecule has 0 saturated carbocycles. The summed E-state index contributed by atoms with van der Waals surface area (Å²) in [5.41, 5.74) is -0.328. The van der Waals surface area contributed by atoms with Crippen LogP contribution in [0.5, 0.6) is 0 Å². The summed E-state index contributed by atoms with van der Waals surface area (Å²) < 4.78 is 4.83. The highest BCUT2D eigenvalue weighted by Gasteiger charge is 2.41. The summed E-state index contributed by atoms with van der Waals surface area (Å²) in [6, 6.07) is 0. The first kappa shape index (κ1) is 5.56. The molecule has 3 nitrogen and oxygen atoms in total. The van der Waals surface area contributed by atoms with Gasteiger partial charge in [0, 0.05) is 0 Å². The lowest BCUT2D eigenvalue weighted by Crippen LogP contribution is -2.11. The van der Waals surface area contributed by atoms with E-state index in [9.17, 15) is 4.79 Å². The van der Waals surface area contributed by atoms with E-state index in [-0.39, 0.29) is 12.0 Å². The van der Waals surface area contributed by atoms with Crippen molar-refractivity contribution >= 4 is 5.97 Å². The van der Waals surface area contributed by atoms with Gasteiger partial charge in [0.15, 0.2) is 0 Å². The summed E-state index contributed by atoms with van der Waals surface area (Å²) in [4.78, 5) is 9.97. The van der Waals surface area contributed by atoms with Crippen LogP contribution in [0.2, 0.25) is 0 Å². The van der Waals surface area contributed by atoms with E-state index >= 15 is 0 Å². The van der Waals surface area contributed by atoms with E-state index in [1.165, 1.54) is 0 Å². The minimum absolute atomic E-state index is 0.132. The monoisotopic (exact) mass is 116 g/mol. The van der Waals surface area contributed by atoms with Gasteiger partial charge in [-0.05, 0) is 6.92 Å². The van der Waals surface area contributed by atoms with Gasteiger partial charge in [-0.15, -0.1) is 0 Å². The zero-order valence-electron chi connectivity index (χ0n) is 4.68. The smallest absolute Gasteiger partial charge is 0.306 e. The molecule has 1 atom stereocenters. The third-order valence-corrected chi connectivity index (χ3v) is 1.16. The first-order valence-electron chi connectivity index (χ1n) is 2.48. The summed E-state index contributed by atoms with van der Waals surface area (Å²) in [6.45, 7) is 2.39. The van der Waals surface area contributed by atoms with Gasteiger partial charge in [-0.3, -0.25) is 4.79 Å². The molecule has 0 aromatic carbocycles. The van der Waals surface area contributed by atoms with Crippen LogP contribution in [0, 0.1) is 0 Å². The number of aliphatic carboxylic acids is 1. The standard InChI is InChI=1S/C5H8O3/c1-5(3-8-5)2-4(6)7/h2-3H2,1H3,(H,6,7). The number of carboxylic acid groups (broad SMARTS) is 1. The van der Waals surface area contributed by atoms with Crippen molar-refractivity contribution < 1.29 is 14.6 Å². The first-order chi connectivity index (χ1) is 3.62. The lowest BCUT2D eigenvalue weighted by molar-refractivity contribution is -0.138. The third kappa shape index (κ3) is 1.20. The van der Waals surface area contributed by atoms with Crippen LogP contribution in [0.15, 0.2) is 0 Å². The Hall–Kier alpha value is -0.570. The van der Waals surface area contributed by atoms with Gasteiger partial charge in [0.1, 0.15) is 0 Å². The van der Waals surface area contributed by atoms with Crippen molar-refractivity contribution in [2.45, 2.75) is 18.9 Å². The highest BCUT2D eigenvalue weighted by Crippen LogP contribution is 2.29. The predicted molar refractivity (Wildman–Crippen MR) is 26.6 cm³/mol. The molecule has 1 rings (SSSR count). The van der Waals surface area contributed by atoms with Crippen molar-refractivity contribution in [3.8, 4) is 0 Å². The summed E-state index contributed by atoms with van der Waals surface area (Å²) in [7, 11) is 0. The lowest BCUT2D eigenvalue weighted by atomic mass is 10.1. The number of carbonyl (C=O) groups is 1. The molecule has 0 amide bonds. The molecule has 0 aromatic heterocycles. The molecule has 46 valence electrons. The maximum Gasteiger partial charge on any atom is 0.306 e. The van der Waals surface area contributed by atoms with Crippen LogP contribution in [0.1, 0.15) is 13.3 Å². The Labute approximate surface area is 47.3 Å². The minimum atomic E-state index is -0.787. The molecule has 1 aliphatic heterocycles. The van der Waals surface area contributed by atoms with E-state index in [2.05, 4.69) is 0 Å². The molecule has 3 heteroatoms. The zero-order chi connectivity index (χ0) is 6.20. The highest BCUT2D eigenvalue weighted by atomic mass is 16.6. The van der Waals surface area contributed by atoms with Gasteiger partial charge in [0.05, 0.1) is 18.6 Å². The predicted octanol–water partition coefficient (Wildman–Crippen LogP) is 0.250. The molecule has 1 unspecified atom stereocenters. The number of carboxylic acids is 1. The Bertz CT molecular complexity index is 115. The Morgan fingerprint density at radius 2 is 2.50 bits per heavy atom. The molecule has 8 heavy (non-hydrogen) atoms. The van der Waals surface area contributed by atoms with E-state index in [1.807, 2.05) is 0 Å². The molecule has 1 N–H and O–H groups in total. The molecule has 0 radical (unpaired) electrons. The second kappa shape index (κ2) is 1.45. The van der Waals surface area contributed by atoms with Crippen LogP contribution >= 0.6 is 0 Å². The highest BCUT2D eigenvalue weighted by molar-refractivity contribution is 5.68. The van der Waals surface area contributed by atoms with Gasteiger partial charge >= 0.3 is 5.97 Å². The van der Waals surface area contributed by atoms with Gasteiger partial charge in [-0.2, -0.15) is 0 Å². The van der Waals surface area contributed by atoms with Gasteiger partial charge in [0.25, 0.3) is 0 Å².